The third kappa shape index (κ3) is 5.27. The first-order valence-corrected chi connectivity index (χ1v) is 7.66. The van der Waals surface area contributed by atoms with Gasteiger partial charge in [0.25, 0.3) is 0 Å². The van der Waals surface area contributed by atoms with Crippen LogP contribution in [-0.2, 0) is 0 Å². The Balaban J connectivity index is 3.95. The highest BCUT2D eigenvalue weighted by Gasteiger charge is 2.12. The zero-order chi connectivity index (χ0) is 10.1. The summed E-state index contributed by atoms with van der Waals surface area (Å²) in [7, 11) is -0.759. The van der Waals surface area contributed by atoms with Gasteiger partial charge in [0.05, 0.1) is 0 Å². The lowest BCUT2D eigenvalue weighted by atomic mass is 10.3. The summed E-state index contributed by atoms with van der Waals surface area (Å²) in [6.07, 6.45) is 3.93. The molecule has 0 spiro atoms. The second-order valence-electron chi connectivity index (χ2n) is 3.60. The topological polar surface area (TPSA) is 3.24 Å². The molecule has 0 aromatic rings. The SMILES string of the molecule is C=C[SiH](CC)N(CCC)CCCC. The van der Waals surface area contributed by atoms with Crippen molar-refractivity contribution >= 4 is 8.96 Å². The Hall–Kier alpha value is -0.0831. The van der Waals surface area contributed by atoms with E-state index in [-0.39, 0.29) is 0 Å². The lowest BCUT2D eigenvalue weighted by molar-refractivity contribution is 0.422. The van der Waals surface area contributed by atoms with Crippen LogP contribution in [0.4, 0.5) is 0 Å². The highest BCUT2D eigenvalue weighted by molar-refractivity contribution is 6.61. The fourth-order valence-electron chi connectivity index (χ4n) is 1.67. The van der Waals surface area contributed by atoms with Crippen LogP contribution in [0.5, 0.6) is 0 Å². The highest BCUT2D eigenvalue weighted by Crippen LogP contribution is 2.05. The Morgan fingerprint density at radius 2 is 1.85 bits per heavy atom. The average Bonchev–Trinajstić information content (AvgIpc) is 2.16. The molecular weight excluding hydrogens is 174 g/mol. The van der Waals surface area contributed by atoms with Crippen LogP contribution in [0.15, 0.2) is 12.3 Å². The molecule has 0 bridgehead atoms. The summed E-state index contributed by atoms with van der Waals surface area (Å²) in [5, 5.41) is 0. The smallest absolute Gasteiger partial charge is 0.135 e. The van der Waals surface area contributed by atoms with Crippen molar-refractivity contribution in [3.63, 3.8) is 0 Å². The molecule has 1 unspecified atom stereocenters. The number of unbranched alkanes of at least 4 members (excludes halogenated alkanes) is 1. The van der Waals surface area contributed by atoms with Gasteiger partial charge in [-0.3, -0.25) is 0 Å². The van der Waals surface area contributed by atoms with Crippen molar-refractivity contribution in [1.29, 1.82) is 0 Å². The van der Waals surface area contributed by atoms with E-state index in [0.717, 1.165) is 0 Å². The fraction of sp³-hybridized carbons (Fsp3) is 0.818. The summed E-state index contributed by atoms with van der Waals surface area (Å²) in [6, 6.07) is 1.33. The molecule has 0 radical (unpaired) electrons. The van der Waals surface area contributed by atoms with E-state index in [0.29, 0.717) is 0 Å². The van der Waals surface area contributed by atoms with Gasteiger partial charge in [0, 0.05) is 0 Å². The van der Waals surface area contributed by atoms with Gasteiger partial charge in [-0.1, -0.05) is 32.9 Å². The van der Waals surface area contributed by atoms with Gasteiger partial charge in [0.1, 0.15) is 8.96 Å². The van der Waals surface area contributed by atoms with Crippen LogP contribution >= 0.6 is 0 Å². The predicted octanol–water partition coefficient (Wildman–Crippen LogP) is 2.97. The van der Waals surface area contributed by atoms with E-state index in [9.17, 15) is 0 Å². The van der Waals surface area contributed by atoms with Crippen molar-refractivity contribution in [1.82, 2.24) is 4.57 Å². The molecule has 0 saturated carbocycles. The van der Waals surface area contributed by atoms with E-state index in [1.807, 2.05) is 0 Å². The molecule has 0 aliphatic rings. The maximum atomic E-state index is 3.96. The van der Waals surface area contributed by atoms with E-state index >= 15 is 0 Å². The van der Waals surface area contributed by atoms with Crippen molar-refractivity contribution in [2.75, 3.05) is 13.1 Å². The molecule has 0 fully saturated rings. The first kappa shape index (κ1) is 12.9. The molecule has 0 amide bonds. The van der Waals surface area contributed by atoms with Crippen LogP contribution in [0.2, 0.25) is 6.04 Å². The number of hydrogen-bond acceptors (Lipinski definition) is 1. The normalized spacial score (nSPS) is 13.2. The largest absolute Gasteiger partial charge is 0.323 e. The van der Waals surface area contributed by atoms with Gasteiger partial charge in [-0.25, -0.2) is 0 Å². The summed E-state index contributed by atoms with van der Waals surface area (Å²) in [6.45, 7) is 13.4. The quantitative estimate of drug-likeness (QED) is 0.543. The molecule has 0 rings (SSSR count). The molecule has 0 aromatic heterocycles. The maximum Gasteiger partial charge on any atom is 0.135 e. The van der Waals surface area contributed by atoms with Crippen molar-refractivity contribution in [3.05, 3.63) is 12.3 Å². The number of nitrogens with zero attached hydrogens (tertiary/aromatic N) is 1. The minimum atomic E-state index is -0.759. The summed E-state index contributed by atoms with van der Waals surface area (Å²) < 4.78 is 2.69. The monoisotopic (exact) mass is 199 g/mol. The Bertz CT molecular complexity index is 125. The molecule has 0 heterocycles. The maximum absolute atomic E-state index is 3.96. The molecule has 0 aromatic carbocycles. The fourth-order valence-corrected chi connectivity index (χ4v) is 3.92. The van der Waals surface area contributed by atoms with Gasteiger partial charge >= 0.3 is 0 Å². The molecule has 13 heavy (non-hydrogen) atoms. The van der Waals surface area contributed by atoms with Crippen molar-refractivity contribution < 1.29 is 0 Å². The van der Waals surface area contributed by atoms with E-state index in [2.05, 4.69) is 37.6 Å². The highest BCUT2D eigenvalue weighted by atomic mass is 28.3. The average molecular weight is 199 g/mol. The zero-order valence-corrected chi connectivity index (χ0v) is 10.7. The Morgan fingerprint density at radius 1 is 1.15 bits per heavy atom. The Labute approximate surface area is 85.5 Å². The van der Waals surface area contributed by atoms with E-state index in [1.165, 1.54) is 38.4 Å². The third-order valence-corrected chi connectivity index (χ3v) is 5.30. The van der Waals surface area contributed by atoms with Crippen molar-refractivity contribution in [2.24, 2.45) is 0 Å². The van der Waals surface area contributed by atoms with Gasteiger partial charge in [0.2, 0.25) is 0 Å². The van der Waals surface area contributed by atoms with Gasteiger partial charge in [0.15, 0.2) is 0 Å². The van der Waals surface area contributed by atoms with Crippen molar-refractivity contribution in [3.8, 4) is 0 Å². The molecule has 78 valence electrons. The van der Waals surface area contributed by atoms with Crippen LogP contribution in [0.3, 0.4) is 0 Å². The standard InChI is InChI=1S/C11H25NSi/c1-5-9-11-12(10-6-2)13(7-3)8-4/h7,13H,3,5-6,8-11H2,1-2,4H3. The summed E-state index contributed by atoms with van der Waals surface area (Å²) in [4.78, 5) is 0. The molecular formula is C11H25NSi. The molecule has 1 nitrogen and oxygen atoms in total. The lowest BCUT2D eigenvalue weighted by Crippen LogP contribution is -2.38. The van der Waals surface area contributed by atoms with Gasteiger partial charge in [-0.15, -0.1) is 6.58 Å². The van der Waals surface area contributed by atoms with Crippen LogP contribution in [-0.4, -0.2) is 26.6 Å². The lowest BCUT2D eigenvalue weighted by Gasteiger charge is -2.27. The van der Waals surface area contributed by atoms with Crippen LogP contribution < -0.4 is 0 Å². The van der Waals surface area contributed by atoms with Crippen LogP contribution in [0.25, 0.3) is 0 Å². The molecule has 0 N–H and O–H groups in total. The van der Waals surface area contributed by atoms with Crippen LogP contribution in [0.1, 0.15) is 40.0 Å². The summed E-state index contributed by atoms with van der Waals surface area (Å²) in [5.74, 6) is 0. The summed E-state index contributed by atoms with van der Waals surface area (Å²) >= 11 is 0. The van der Waals surface area contributed by atoms with Crippen molar-refractivity contribution in [2.45, 2.75) is 46.1 Å². The van der Waals surface area contributed by atoms with E-state index in [1.54, 1.807) is 0 Å². The van der Waals surface area contributed by atoms with E-state index < -0.39 is 8.96 Å². The molecule has 2 heteroatoms. The number of rotatable bonds is 8. The van der Waals surface area contributed by atoms with Gasteiger partial charge < -0.3 is 4.57 Å². The Morgan fingerprint density at radius 3 is 2.23 bits per heavy atom. The first-order chi connectivity index (χ1) is 6.29. The molecule has 1 atom stereocenters. The third-order valence-electron chi connectivity index (χ3n) is 2.47. The first-order valence-electron chi connectivity index (χ1n) is 5.66. The summed E-state index contributed by atoms with van der Waals surface area (Å²) in [5.41, 5.74) is 2.23. The Kier molecular flexibility index (Phi) is 8.46. The van der Waals surface area contributed by atoms with Crippen LogP contribution in [0, 0.1) is 0 Å². The molecule has 0 saturated heterocycles. The number of hydrogen-bond donors (Lipinski definition) is 0. The minimum absolute atomic E-state index is 0.759. The predicted molar refractivity (Wildman–Crippen MR) is 64.6 cm³/mol. The zero-order valence-electron chi connectivity index (χ0n) is 9.55. The second kappa shape index (κ2) is 8.51. The minimum Gasteiger partial charge on any atom is -0.323 e. The molecule has 0 aliphatic heterocycles. The van der Waals surface area contributed by atoms with E-state index in [4.69, 9.17) is 0 Å². The molecule has 0 aliphatic carbocycles. The van der Waals surface area contributed by atoms with Gasteiger partial charge in [-0.2, -0.15) is 0 Å². The van der Waals surface area contributed by atoms with Gasteiger partial charge in [-0.05, 0) is 32.0 Å². The second-order valence-corrected chi connectivity index (χ2v) is 6.75.